The molecule has 88 valence electrons. The van der Waals surface area contributed by atoms with Crippen molar-refractivity contribution in [2.45, 2.75) is 39.2 Å². The first-order chi connectivity index (χ1) is 7.65. The second-order valence-corrected chi connectivity index (χ2v) is 4.48. The first-order valence-electron chi connectivity index (χ1n) is 6.05. The summed E-state index contributed by atoms with van der Waals surface area (Å²) in [6.07, 6.45) is 3.22. The van der Waals surface area contributed by atoms with E-state index >= 15 is 0 Å². The highest BCUT2D eigenvalue weighted by atomic mass is 14.9. The van der Waals surface area contributed by atoms with Gasteiger partial charge in [-0.25, -0.2) is 0 Å². The van der Waals surface area contributed by atoms with Gasteiger partial charge in [0, 0.05) is 6.04 Å². The van der Waals surface area contributed by atoms with E-state index in [2.05, 4.69) is 50.0 Å². The molecular weight excluding hydrogens is 194 g/mol. The van der Waals surface area contributed by atoms with E-state index in [1.807, 2.05) is 7.05 Å². The average Bonchev–Trinajstić information content (AvgIpc) is 2.30. The van der Waals surface area contributed by atoms with Crippen molar-refractivity contribution in [1.29, 1.82) is 0 Å². The number of hydrogen-bond donors (Lipinski definition) is 1. The van der Waals surface area contributed by atoms with Gasteiger partial charge in [-0.05, 0) is 38.8 Å². The van der Waals surface area contributed by atoms with Crippen molar-refractivity contribution in [3.63, 3.8) is 0 Å². The second kappa shape index (κ2) is 6.49. The molecule has 1 aromatic rings. The van der Waals surface area contributed by atoms with E-state index in [1.165, 1.54) is 16.7 Å². The minimum Gasteiger partial charge on any atom is -0.316 e. The third-order valence-electron chi connectivity index (χ3n) is 3.05. The molecule has 0 bridgehead atoms. The molecule has 0 aliphatic heterocycles. The lowest BCUT2D eigenvalue weighted by Crippen LogP contribution is -2.27. The van der Waals surface area contributed by atoms with E-state index in [9.17, 15) is 0 Å². The summed E-state index contributed by atoms with van der Waals surface area (Å²) in [6.45, 7) is 8.37. The van der Waals surface area contributed by atoms with Crippen LogP contribution in [0.5, 0.6) is 0 Å². The maximum Gasteiger partial charge on any atom is 0.0141 e. The van der Waals surface area contributed by atoms with Crippen LogP contribution in [0.2, 0.25) is 0 Å². The zero-order chi connectivity index (χ0) is 12.0. The summed E-state index contributed by atoms with van der Waals surface area (Å²) < 4.78 is 0. The summed E-state index contributed by atoms with van der Waals surface area (Å²) in [5.41, 5.74) is 4.04. The van der Waals surface area contributed by atoms with E-state index in [1.54, 1.807) is 0 Å². The third-order valence-corrected chi connectivity index (χ3v) is 3.05. The quantitative estimate of drug-likeness (QED) is 0.719. The topological polar surface area (TPSA) is 12.0 Å². The maximum absolute atomic E-state index is 4.08. The molecule has 0 amide bonds. The van der Waals surface area contributed by atoms with E-state index in [-0.39, 0.29) is 0 Å². The predicted octanol–water partition coefficient (Wildman–Crippen LogP) is 3.48. The minimum atomic E-state index is 0.509. The summed E-state index contributed by atoms with van der Waals surface area (Å²) in [6, 6.07) is 9.30. The molecule has 1 rings (SSSR count). The van der Waals surface area contributed by atoms with Crippen molar-refractivity contribution >= 4 is 0 Å². The Bertz CT molecular complexity index is 324. The molecule has 0 aliphatic carbocycles. The first kappa shape index (κ1) is 13.0. The number of likely N-dealkylation sites (N-methyl/N-ethyl adjacent to an activating group) is 1. The molecule has 0 radical (unpaired) electrons. The van der Waals surface area contributed by atoms with Gasteiger partial charge in [-0.3, -0.25) is 0 Å². The van der Waals surface area contributed by atoms with Crippen LogP contribution in [-0.2, 0) is 6.42 Å². The Morgan fingerprint density at radius 3 is 2.44 bits per heavy atom. The maximum atomic E-state index is 4.08. The Balaban J connectivity index is 2.56. The van der Waals surface area contributed by atoms with Crippen LogP contribution in [0.15, 0.2) is 36.4 Å². The van der Waals surface area contributed by atoms with E-state index in [4.69, 9.17) is 0 Å². The van der Waals surface area contributed by atoms with Crippen LogP contribution < -0.4 is 5.32 Å². The minimum absolute atomic E-state index is 0.509. The first-order valence-corrected chi connectivity index (χ1v) is 6.05. The zero-order valence-corrected chi connectivity index (χ0v) is 10.7. The van der Waals surface area contributed by atoms with Gasteiger partial charge in [0.25, 0.3) is 0 Å². The zero-order valence-electron chi connectivity index (χ0n) is 10.7. The molecule has 1 unspecified atom stereocenters. The summed E-state index contributed by atoms with van der Waals surface area (Å²) in [4.78, 5) is 0. The standard InChI is InChI=1S/C15H23N/c1-5-12(2)10-15(16-4)11-14-8-6-13(3)7-9-14/h6-9,15-16H,2,5,10-11H2,1,3-4H3. The Morgan fingerprint density at radius 2 is 1.94 bits per heavy atom. The van der Waals surface area contributed by atoms with Crippen molar-refractivity contribution in [3.8, 4) is 0 Å². The molecule has 0 aromatic heterocycles. The smallest absolute Gasteiger partial charge is 0.0141 e. The molecule has 1 heteroatoms. The largest absolute Gasteiger partial charge is 0.316 e. The van der Waals surface area contributed by atoms with Crippen molar-refractivity contribution in [2.24, 2.45) is 0 Å². The Hall–Kier alpha value is -1.08. The fraction of sp³-hybridized carbons (Fsp3) is 0.467. The number of nitrogens with one attached hydrogen (secondary N) is 1. The predicted molar refractivity (Wildman–Crippen MR) is 71.8 cm³/mol. The summed E-state index contributed by atoms with van der Waals surface area (Å²) in [5, 5.41) is 3.37. The van der Waals surface area contributed by atoms with Crippen LogP contribution in [0.1, 0.15) is 30.9 Å². The van der Waals surface area contributed by atoms with E-state index < -0.39 is 0 Å². The summed E-state index contributed by atoms with van der Waals surface area (Å²) in [5.74, 6) is 0. The highest BCUT2D eigenvalue weighted by Crippen LogP contribution is 2.12. The molecular formula is C15H23N. The van der Waals surface area contributed by atoms with Crippen molar-refractivity contribution < 1.29 is 0 Å². The van der Waals surface area contributed by atoms with Gasteiger partial charge in [-0.2, -0.15) is 0 Å². The van der Waals surface area contributed by atoms with Crippen LogP contribution in [0.3, 0.4) is 0 Å². The fourth-order valence-electron chi connectivity index (χ4n) is 1.78. The van der Waals surface area contributed by atoms with Gasteiger partial charge in [0.05, 0.1) is 0 Å². The monoisotopic (exact) mass is 217 g/mol. The Labute approximate surface area is 99.6 Å². The molecule has 1 aromatic carbocycles. The molecule has 16 heavy (non-hydrogen) atoms. The number of aryl methyl sites for hydroxylation is 1. The van der Waals surface area contributed by atoms with Crippen molar-refractivity contribution in [2.75, 3.05) is 7.05 Å². The normalized spacial score (nSPS) is 12.4. The summed E-state index contributed by atoms with van der Waals surface area (Å²) in [7, 11) is 2.03. The number of hydrogen-bond acceptors (Lipinski definition) is 1. The number of rotatable bonds is 6. The van der Waals surface area contributed by atoms with Gasteiger partial charge < -0.3 is 5.32 Å². The SMILES string of the molecule is C=C(CC)CC(Cc1ccc(C)cc1)NC. The van der Waals surface area contributed by atoms with Gasteiger partial charge in [0.15, 0.2) is 0 Å². The van der Waals surface area contributed by atoms with Gasteiger partial charge in [-0.1, -0.05) is 48.9 Å². The van der Waals surface area contributed by atoms with Gasteiger partial charge in [-0.15, -0.1) is 0 Å². The van der Waals surface area contributed by atoms with Crippen molar-refractivity contribution in [3.05, 3.63) is 47.5 Å². The molecule has 0 saturated heterocycles. The lowest BCUT2D eigenvalue weighted by atomic mass is 9.98. The van der Waals surface area contributed by atoms with Crippen LogP contribution in [-0.4, -0.2) is 13.1 Å². The van der Waals surface area contributed by atoms with Gasteiger partial charge in [0.1, 0.15) is 0 Å². The van der Waals surface area contributed by atoms with Crippen molar-refractivity contribution in [1.82, 2.24) is 5.32 Å². The second-order valence-electron chi connectivity index (χ2n) is 4.48. The van der Waals surface area contributed by atoms with E-state index in [0.717, 1.165) is 19.3 Å². The highest BCUT2D eigenvalue weighted by Gasteiger charge is 2.08. The molecule has 0 heterocycles. The molecule has 0 fully saturated rings. The lowest BCUT2D eigenvalue weighted by molar-refractivity contribution is 0.549. The van der Waals surface area contributed by atoms with Crippen LogP contribution >= 0.6 is 0 Å². The molecule has 0 aliphatic rings. The van der Waals surface area contributed by atoms with Crippen LogP contribution in [0.4, 0.5) is 0 Å². The molecule has 1 nitrogen and oxygen atoms in total. The highest BCUT2D eigenvalue weighted by molar-refractivity contribution is 5.22. The fourth-order valence-corrected chi connectivity index (χ4v) is 1.78. The van der Waals surface area contributed by atoms with Gasteiger partial charge in [0.2, 0.25) is 0 Å². The van der Waals surface area contributed by atoms with Crippen LogP contribution in [0, 0.1) is 6.92 Å². The summed E-state index contributed by atoms with van der Waals surface area (Å²) >= 11 is 0. The number of benzene rings is 1. The van der Waals surface area contributed by atoms with E-state index in [0.29, 0.717) is 6.04 Å². The molecule has 0 spiro atoms. The third kappa shape index (κ3) is 4.19. The Morgan fingerprint density at radius 1 is 1.31 bits per heavy atom. The average molecular weight is 217 g/mol. The Kier molecular flexibility index (Phi) is 5.27. The molecule has 1 N–H and O–H groups in total. The van der Waals surface area contributed by atoms with Crippen LogP contribution in [0.25, 0.3) is 0 Å². The molecule has 1 atom stereocenters. The van der Waals surface area contributed by atoms with Gasteiger partial charge >= 0.3 is 0 Å². The lowest BCUT2D eigenvalue weighted by Gasteiger charge is -2.17. The molecule has 0 saturated carbocycles.